The molecule has 0 aliphatic carbocycles. The molecule has 2 nitrogen and oxygen atoms in total. The molecule has 0 heterocycles. The van der Waals surface area contributed by atoms with Gasteiger partial charge < -0.3 is 4.74 Å². The van der Waals surface area contributed by atoms with Crippen LogP contribution in [0.25, 0.3) is 0 Å². The predicted octanol–water partition coefficient (Wildman–Crippen LogP) is 3.16. The first kappa shape index (κ1) is 12.1. The van der Waals surface area contributed by atoms with Crippen molar-refractivity contribution >= 4 is 16.8 Å². The number of ether oxygens (including phenoxy) is 1. The van der Waals surface area contributed by atoms with Crippen LogP contribution in [0.3, 0.4) is 0 Å². The zero-order chi connectivity index (χ0) is 11.1. The Kier molecular flexibility index (Phi) is 5.26. The van der Waals surface area contributed by atoms with Crippen LogP contribution in [0.2, 0.25) is 0 Å². The number of nitrogens with zero attached hydrogens (tertiary/aromatic N) is 1. The van der Waals surface area contributed by atoms with E-state index in [2.05, 4.69) is 24.0 Å². The summed E-state index contributed by atoms with van der Waals surface area (Å²) in [7, 11) is 1.82. The molecule has 0 aliphatic rings. The predicted molar refractivity (Wildman–Crippen MR) is 68.2 cm³/mol. The maximum Gasteiger partial charge on any atom is 0.119 e. The average Bonchev–Trinajstić information content (AvgIpc) is 2.27. The van der Waals surface area contributed by atoms with Crippen molar-refractivity contribution in [3.05, 3.63) is 29.8 Å². The van der Waals surface area contributed by atoms with Crippen LogP contribution in [-0.4, -0.2) is 25.0 Å². The second-order valence-corrected chi connectivity index (χ2v) is 4.11. The highest BCUT2D eigenvalue weighted by Crippen LogP contribution is 2.12. The molecule has 0 aromatic heterocycles. The first-order chi connectivity index (χ1) is 7.26. The lowest BCUT2D eigenvalue weighted by Gasteiger charge is -2.06. The molecule has 15 heavy (non-hydrogen) atoms. The Hall–Kier alpha value is -0.960. The molecule has 0 fully saturated rings. The van der Waals surface area contributed by atoms with Crippen molar-refractivity contribution in [2.45, 2.75) is 13.3 Å². The van der Waals surface area contributed by atoms with Gasteiger partial charge in [-0.05, 0) is 25.3 Å². The third kappa shape index (κ3) is 4.38. The highest BCUT2D eigenvalue weighted by molar-refractivity contribution is 8.13. The Balaban J connectivity index is 2.35. The Morgan fingerprint density at radius 2 is 2.00 bits per heavy atom. The van der Waals surface area contributed by atoms with Crippen LogP contribution in [0.4, 0.5) is 0 Å². The van der Waals surface area contributed by atoms with Crippen LogP contribution in [-0.2, 0) is 0 Å². The van der Waals surface area contributed by atoms with E-state index in [0.717, 1.165) is 17.2 Å². The summed E-state index contributed by atoms with van der Waals surface area (Å²) in [4.78, 5) is 4.15. The molecule has 0 radical (unpaired) electrons. The number of thioether (sulfide) groups is 1. The van der Waals surface area contributed by atoms with Crippen LogP contribution in [0.15, 0.2) is 29.3 Å². The zero-order valence-corrected chi connectivity index (χ0v) is 10.3. The number of rotatable bonds is 4. The normalized spacial score (nSPS) is 11.5. The monoisotopic (exact) mass is 223 g/mol. The highest BCUT2D eigenvalue weighted by atomic mass is 32.2. The minimum Gasteiger partial charge on any atom is -0.493 e. The second-order valence-electron chi connectivity index (χ2n) is 3.23. The molecular weight excluding hydrogens is 206 g/mol. The van der Waals surface area contributed by atoms with Gasteiger partial charge in [0.2, 0.25) is 0 Å². The molecule has 0 N–H and O–H groups in total. The minimum absolute atomic E-state index is 0.691. The SMILES string of the molecule is CN=C(CCOc1ccc(C)cc1)SC. The van der Waals surface area contributed by atoms with Gasteiger partial charge in [-0.3, -0.25) is 4.99 Å². The third-order valence-electron chi connectivity index (χ3n) is 2.09. The molecule has 82 valence electrons. The van der Waals surface area contributed by atoms with E-state index in [1.54, 1.807) is 11.8 Å². The molecule has 1 rings (SSSR count). The number of hydrogen-bond donors (Lipinski definition) is 0. The maximum absolute atomic E-state index is 5.60. The van der Waals surface area contributed by atoms with Crippen LogP contribution in [0.1, 0.15) is 12.0 Å². The van der Waals surface area contributed by atoms with Gasteiger partial charge in [0.25, 0.3) is 0 Å². The lowest BCUT2D eigenvalue weighted by atomic mass is 10.2. The summed E-state index contributed by atoms with van der Waals surface area (Å²) in [6.45, 7) is 2.76. The van der Waals surface area contributed by atoms with Crippen molar-refractivity contribution in [2.24, 2.45) is 4.99 Å². The largest absolute Gasteiger partial charge is 0.493 e. The van der Waals surface area contributed by atoms with Crippen molar-refractivity contribution in [3.8, 4) is 5.75 Å². The standard InChI is InChI=1S/C12H17NOS/c1-10-4-6-11(7-5-10)14-9-8-12(13-2)15-3/h4-7H,8-9H2,1-3H3. The molecule has 1 aromatic rings. The molecule has 0 atom stereocenters. The smallest absolute Gasteiger partial charge is 0.119 e. The van der Waals surface area contributed by atoms with Gasteiger partial charge in [-0.1, -0.05) is 17.7 Å². The van der Waals surface area contributed by atoms with E-state index >= 15 is 0 Å². The van der Waals surface area contributed by atoms with Crippen LogP contribution < -0.4 is 4.74 Å². The average molecular weight is 223 g/mol. The lowest BCUT2D eigenvalue weighted by Crippen LogP contribution is -2.03. The van der Waals surface area contributed by atoms with Gasteiger partial charge in [-0.25, -0.2) is 0 Å². The fourth-order valence-electron chi connectivity index (χ4n) is 1.20. The Bertz CT molecular complexity index is 319. The molecule has 0 aliphatic heterocycles. The van der Waals surface area contributed by atoms with Crippen molar-refractivity contribution in [1.29, 1.82) is 0 Å². The molecule has 1 aromatic carbocycles. The summed E-state index contributed by atoms with van der Waals surface area (Å²) in [5.41, 5.74) is 1.25. The third-order valence-corrected chi connectivity index (χ3v) is 2.95. The van der Waals surface area contributed by atoms with E-state index in [4.69, 9.17) is 4.74 Å². The van der Waals surface area contributed by atoms with E-state index in [0.29, 0.717) is 6.61 Å². The fourth-order valence-corrected chi connectivity index (χ4v) is 1.67. The zero-order valence-electron chi connectivity index (χ0n) is 9.49. The molecular formula is C12H17NOS. The fraction of sp³-hybridized carbons (Fsp3) is 0.417. The summed E-state index contributed by atoms with van der Waals surface area (Å²) in [6, 6.07) is 8.10. The topological polar surface area (TPSA) is 21.6 Å². The summed E-state index contributed by atoms with van der Waals surface area (Å²) >= 11 is 1.68. The molecule has 0 amide bonds. The van der Waals surface area contributed by atoms with Crippen molar-refractivity contribution < 1.29 is 4.74 Å². The summed E-state index contributed by atoms with van der Waals surface area (Å²) < 4.78 is 5.60. The van der Waals surface area contributed by atoms with Crippen LogP contribution in [0, 0.1) is 6.92 Å². The van der Waals surface area contributed by atoms with Crippen LogP contribution >= 0.6 is 11.8 Å². The van der Waals surface area contributed by atoms with Gasteiger partial charge in [-0.2, -0.15) is 0 Å². The number of aliphatic imine (C=N–C) groups is 1. The van der Waals surface area contributed by atoms with Crippen LogP contribution in [0.5, 0.6) is 5.75 Å². The number of benzene rings is 1. The lowest BCUT2D eigenvalue weighted by molar-refractivity contribution is 0.330. The van der Waals surface area contributed by atoms with E-state index in [9.17, 15) is 0 Å². The minimum atomic E-state index is 0.691. The van der Waals surface area contributed by atoms with Gasteiger partial charge in [0, 0.05) is 13.5 Å². The molecule has 0 saturated heterocycles. The van der Waals surface area contributed by atoms with Gasteiger partial charge in [0.1, 0.15) is 5.75 Å². The van der Waals surface area contributed by atoms with Gasteiger partial charge in [0.15, 0.2) is 0 Å². The summed E-state index contributed by atoms with van der Waals surface area (Å²) in [5.74, 6) is 0.928. The first-order valence-corrected chi connectivity index (χ1v) is 6.18. The second kappa shape index (κ2) is 6.51. The number of aryl methyl sites for hydroxylation is 1. The van der Waals surface area contributed by atoms with E-state index in [-0.39, 0.29) is 0 Å². The molecule has 0 bridgehead atoms. The van der Waals surface area contributed by atoms with Crippen molar-refractivity contribution in [1.82, 2.24) is 0 Å². The maximum atomic E-state index is 5.60. The van der Waals surface area contributed by atoms with Gasteiger partial charge in [0.05, 0.1) is 11.7 Å². The summed E-state index contributed by atoms with van der Waals surface area (Å²) in [6.07, 6.45) is 2.92. The van der Waals surface area contributed by atoms with Gasteiger partial charge >= 0.3 is 0 Å². The molecule has 0 saturated carbocycles. The summed E-state index contributed by atoms with van der Waals surface area (Å²) in [5, 5.41) is 1.13. The molecule has 0 unspecified atom stereocenters. The van der Waals surface area contributed by atoms with E-state index in [1.807, 2.05) is 25.4 Å². The van der Waals surface area contributed by atoms with Gasteiger partial charge in [-0.15, -0.1) is 11.8 Å². The Labute approximate surface area is 95.8 Å². The van der Waals surface area contributed by atoms with Crippen molar-refractivity contribution in [3.63, 3.8) is 0 Å². The molecule has 0 spiro atoms. The van der Waals surface area contributed by atoms with Crippen molar-refractivity contribution in [2.75, 3.05) is 19.9 Å². The Morgan fingerprint density at radius 1 is 1.33 bits per heavy atom. The quantitative estimate of drug-likeness (QED) is 0.577. The van der Waals surface area contributed by atoms with E-state index < -0.39 is 0 Å². The Morgan fingerprint density at radius 3 is 2.53 bits per heavy atom. The highest BCUT2D eigenvalue weighted by Gasteiger charge is 1.97. The molecule has 3 heteroatoms. The number of hydrogen-bond acceptors (Lipinski definition) is 3. The van der Waals surface area contributed by atoms with E-state index in [1.165, 1.54) is 5.56 Å². The first-order valence-electron chi connectivity index (χ1n) is 4.95.